The van der Waals surface area contributed by atoms with E-state index in [4.69, 9.17) is 5.73 Å². The first kappa shape index (κ1) is 17.5. The van der Waals surface area contributed by atoms with Gasteiger partial charge in [0.05, 0.1) is 10.2 Å². The van der Waals surface area contributed by atoms with Crippen LogP contribution >= 0.6 is 23.7 Å². The molecule has 0 aliphatic carbocycles. The van der Waals surface area contributed by atoms with E-state index < -0.39 is 0 Å². The molecule has 0 radical (unpaired) electrons. The topological polar surface area (TPSA) is 51.3 Å². The fraction of sp³-hybridized carbons (Fsp3) is 0.562. The molecule has 1 fully saturated rings. The molecule has 1 aromatic heterocycles. The lowest BCUT2D eigenvalue weighted by Crippen LogP contribution is -2.39. The molecule has 2 heterocycles. The summed E-state index contributed by atoms with van der Waals surface area (Å²) in [7, 11) is 1.83. The molecule has 2 N–H and O–H groups in total. The number of hydrogen-bond acceptors (Lipinski definition) is 4. The van der Waals surface area contributed by atoms with Crippen molar-refractivity contribution in [2.45, 2.75) is 32.4 Å². The first-order valence-electron chi connectivity index (χ1n) is 7.61. The normalized spacial score (nSPS) is 18.3. The van der Waals surface area contributed by atoms with Crippen molar-refractivity contribution in [1.82, 2.24) is 9.47 Å². The molecule has 0 amide bonds. The number of halogens is 1. The monoisotopic (exact) mass is 341 g/mol. The third-order valence-corrected chi connectivity index (χ3v) is 5.63. The summed E-state index contributed by atoms with van der Waals surface area (Å²) in [6.45, 7) is 5.33. The summed E-state index contributed by atoms with van der Waals surface area (Å²) in [6.07, 6.45) is 2.39. The fourth-order valence-corrected chi connectivity index (χ4v) is 4.11. The number of fused-ring (bicyclic) bond motifs is 1. The van der Waals surface area contributed by atoms with E-state index in [1.165, 1.54) is 29.7 Å². The number of benzene rings is 1. The number of aryl methyl sites for hydroxylation is 1. The summed E-state index contributed by atoms with van der Waals surface area (Å²) in [6, 6.07) is 6.69. The van der Waals surface area contributed by atoms with E-state index >= 15 is 0 Å². The van der Waals surface area contributed by atoms with E-state index in [-0.39, 0.29) is 17.3 Å². The zero-order valence-electron chi connectivity index (χ0n) is 13.1. The van der Waals surface area contributed by atoms with Crippen LogP contribution in [0.3, 0.4) is 0 Å². The minimum Gasteiger partial charge on any atom is -0.328 e. The van der Waals surface area contributed by atoms with Gasteiger partial charge in [-0.1, -0.05) is 17.4 Å². The first-order valence-corrected chi connectivity index (χ1v) is 8.42. The molecule has 4 nitrogen and oxygen atoms in total. The Labute approximate surface area is 141 Å². The predicted molar refractivity (Wildman–Crippen MR) is 96.0 cm³/mol. The number of rotatable bonds is 3. The third kappa shape index (κ3) is 3.54. The molecule has 1 saturated heterocycles. The average molecular weight is 342 g/mol. The quantitative estimate of drug-likeness (QED) is 0.933. The molecule has 22 heavy (non-hydrogen) atoms. The molecule has 1 aliphatic rings. The standard InChI is InChI=1S/C16H23N3OS.ClH/c1-11(17)13-5-7-19(8-6-13)10-12-3-4-14-15(9-12)21-16(20)18(14)2;/h3-4,9,11,13H,5-8,10,17H2,1-2H3;1H. The van der Waals surface area contributed by atoms with Crippen LogP contribution < -0.4 is 10.6 Å². The van der Waals surface area contributed by atoms with Gasteiger partial charge in [0, 0.05) is 19.6 Å². The molecule has 122 valence electrons. The summed E-state index contributed by atoms with van der Waals surface area (Å²) >= 11 is 1.33. The van der Waals surface area contributed by atoms with Crippen molar-refractivity contribution in [3.63, 3.8) is 0 Å². The van der Waals surface area contributed by atoms with Crippen molar-refractivity contribution in [1.29, 1.82) is 0 Å². The maximum atomic E-state index is 11.7. The Morgan fingerprint density at radius 1 is 1.36 bits per heavy atom. The SMILES string of the molecule is CC(N)C1CCN(Cc2ccc3c(c2)sc(=O)n3C)CC1.Cl. The minimum absolute atomic E-state index is 0. The second kappa shape index (κ2) is 7.13. The van der Waals surface area contributed by atoms with Crippen LogP contribution in [0, 0.1) is 5.92 Å². The van der Waals surface area contributed by atoms with Crippen LogP contribution in [0.1, 0.15) is 25.3 Å². The molecule has 3 rings (SSSR count). The van der Waals surface area contributed by atoms with E-state index in [2.05, 4.69) is 30.0 Å². The smallest absolute Gasteiger partial charge is 0.307 e. The molecule has 0 spiro atoms. The van der Waals surface area contributed by atoms with Crippen LogP contribution in [0.2, 0.25) is 0 Å². The molecular weight excluding hydrogens is 318 g/mol. The van der Waals surface area contributed by atoms with Gasteiger partial charge in [0.15, 0.2) is 0 Å². The zero-order valence-corrected chi connectivity index (χ0v) is 14.8. The Balaban J connectivity index is 0.00000176. The number of nitrogens with zero attached hydrogens (tertiary/aromatic N) is 2. The van der Waals surface area contributed by atoms with Crippen molar-refractivity contribution in [3.05, 3.63) is 33.4 Å². The number of thiazole rings is 1. The van der Waals surface area contributed by atoms with Crippen LogP contribution in [-0.4, -0.2) is 28.6 Å². The number of aromatic nitrogens is 1. The van der Waals surface area contributed by atoms with Crippen LogP contribution in [0.25, 0.3) is 10.2 Å². The summed E-state index contributed by atoms with van der Waals surface area (Å²) in [5.41, 5.74) is 8.32. The number of piperidine rings is 1. The minimum atomic E-state index is 0. The zero-order chi connectivity index (χ0) is 15.0. The van der Waals surface area contributed by atoms with Gasteiger partial charge < -0.3 is 10.3 Å². The highest BCUT2D eigenvalue weighted by atomic mass is 35.5. The largest absolute Gasteiger partial charge is 0.328 e. The number of hydrogen-bond donors (Lipinski definition) is 1. The lowest BCUT2D eigenvalue weighted by atomic mass is 9.91. The van der Waals surface area contributed by atoms with E-state index in [9.17, 15) is 4.79 Å². The Bertz CT molecular complexity index is 686. The van der Waals surface area contributed by atoms with Crippen LogP contribution in [0.15, 0.2) is 23.0 Å². The number of likely N-dealkylation sites (tertiary alicyclic amines) is 1. The average Bonchev–Trinajstić information content (AvgIpc) is 2.74. The van der Waals surface area contributed by atoms with E-state index in [1.54, 1.807) is 4.57 Å². The highest BCUT2D eigenvalue weighted by Gasteiger charge is 2.21. The van der Waals surface area contributed by atoms with Gasteiger partial charge in [0.25, 0.3) is 0 Å². The molecule has 0 saturated carbocycles. The fourth-order valence-electron chi connectivity index (χ4n) is 3.17. The van der Waals surface area contributed by atoms with Gasteiger partial charge in [0.2, 0.25) is 0 Å². The highest BCUT2D eigenvalue weighted by Crippen LogP contribution is 2.23. The molecular formula is C16H24ClN3OS. The van der Waals surface area contributed by atoms with Crippen molar-refractivity contribution >= 4 is 34.0 Å². The van der Waals surface area contributed by atoms with E-state index in [0.29, 0.717) is 12.0 Å². The van der Waals surface area contributed by atoms with Gasteiger partial charge in [-0.2, -0.15) is 0 Å². The Morgan fingerprint density at radius 2 is 2.05 bits per heavy atom. The second-order valence-corrected chi connectivity index (χ2v) is 7.19. The van der Waals surface area contributed by atoms with Gasteiger partial charge in [-0.15, -0.1) is 12.4 Å². The Hall–Kier alpha value is -0.880. The van der Waals surface area contributed by atoms with Gasteiger partial charge in [-0.3, -0.25) is 9.69 Å². The van der Waals surface area contributed by atoms with E-state index in [1.807, 2.05) is 7.05 Å². The van der Waals surface area contributed by atoms with Crippen molar-refractivity contribution in [2.75, 3.05) is 13.1 Å². The molecule has 1 aromatic carbocycles. The van der Waals surface area contributed by atoms with Crippen molar-refractivity contribution < 1.29 is 0 Å². The second-order valence-electron chi connectivity index (χ2n) is 6.20. The van der Waals surface area contributed by atoms with Crippen LogP contribution in [0.4, 0.5) is 0 Å². The third-order valence-electron chi connectivity index (χ3n) is 4.64. The van der Waals surface area contributed by atoms with Crippen molar-refractivity contribution in [3.8, 4) is 0 Å². The summed E-state index contributed by atoms with van der Waals surface area (Å²) in [5.74, 6) is 0.670. The Morgan fingerprint density at radius 3 is 2.68 bits per heavy atom. The Kier molecular flexibility index (Phi) is 5.66. The maximum Gasteiger partial charge on any atom is 0.307 e. The van der Waals surface area contributed by atoms with Crippen LogP contribution in [0.5, 0.6) is 0 Å². The van der Waals surface area contributed by atoms with Gasteiger partial charge >= 0.3 is 4.87 Å². The predicted octanol–water partition coefficient (Wildman–Crippen LogP) is 2.58. The van der Waals surface area contributed by atoms with Gasteiger partial charge in [-0.25, -0.2) is 0 Å². The molecule has 0 bridgehead atoms. The lowest BCUT2D eigenvalue weighted by Gasteiger charge is -2.33. The van der Waals surface area contributed by atoms with Crippen LogP contribution in [-0.2, 0) is 13.6 Å². The highest BCUT2D eigenvalue weighted by molar-refractivity contribution is 7.16. The molecule has 2 aromatic rings. The molecule has 1 aliphatic heterocycles. The first-order chi connectivity index (χ1) is 10.0. The lowest BCUT2D eigenvalue weighted by molar-refractivity contribution is 0.166. The van der Waals surface area contributed by atoms with E-state index in [0.717, 1.165) is 29.9 Å². The molecule has 1 atom stereocenters. The van der Waals surface area contributed by atoms with Gasteiger partial charge in [0.1, 0.15) is 0 Å². The van der Waals surface area contributed by atoms with Crippen molar-refractivity contribution in [2.24, 2.45) is 18.7 Å². The summed E-state index contributed by atoms with van der Waals surface area (Å²) in [5, 5.41) is 0. The summed E-state index contributed by atoms with van der Waals surface area (Å²) < 4.78 is 2.81. The number of nitrogens with two attached hydrogens (primary N) is 1. The summed E-state index contributed by atoms with van der Waals surface area (Å²) in [4.78, 5) is 14.3. The molecule has 1 unspecified atom stereocenters. The molecule has 6 heteroatoms. The maximum absolute atomic E-state index is 11.7. The van der Waals surface area contributed by atoms with Gasteiger partial charge in [-0.05, 0) is 56.5 Å².